The number of methoxy groups -OCH3 is 1. The zero-order valence-electron chi connectivity index (χ0n) is 26.6. The number of rotatable bonds is 9. The normalized spacial score (nSPS) is 16.0. The van der Waals surface area contributed by atoms with Crippen LogP contribution < -0.4 is 10.2 Å². The lowest BCUT2D eigenvalue weighted by atomic mass is 9.80. The first-order valence-corrected chi connectivity index (χ1v) is 15.1. The average Bonchev–Trinajstić information content (AvgIpc) is 3.46. The minimum Gasteiger partial charge on any atom is -0.466 e. The molecule has 14 heteroatoms. The minimum atomic E-state index is -4.71. The predicted molar refractivity (Wildman–Crippen MR) is 170 cm³/mol. The van der Waals surface area contributed by atoms with Crippen LogP contribution in [0.2, 0.25) is 0 Å². The fraction of sp³-hybridized carbons (Fsp3) is 0.229. The molecule has 3 amide bonds. The summed E-state index contributed by atoms with van der Waals surface area (Å²) in [5.41, 5.74) is 0.331. The van der Waals surface area contributed by atoms with E-state index in [0.29, 0.717) is 34.4 Å². The van der Waals surface area contributed by atoms with Gasteiger partial charge in [0.25, 0.3) is 11.8 Å². The Hall–Kier alpha value is -5.79. The van der Waals surface area contributed by atoms with Gasteiger partial charge in [-0.1, -0.05) is 36.4 Å². The molecule has 1 aliphatic rings. The Morgan fingerprint density at radius 2 is 1.69 bits per heavy atom. The number of carbonyl (C=O) groups is 4. The topological polar surface area (TPSA) is 114 Å². The molecule has 1 aliphatic heterocycles. The quantitative estimate of drug-likeness (QED) is 0.151. The number of para-hydroxylation sites is 1. The molecular weight excluding hydrogens is 646 g/mol. The monoisotopic (exact) mass is 677 g/mol. The summed E-state index contributed by atoms with van der Waals surface area (Å²) < 4.78 is 60.8. The summed E-state index contributed by atoms with van der Waals surface area (Å²) in [6.07, 6.45) is -2.71. The van der Waals surface area contributed by atoms with E-state index in [0.717, 1.165) is 24.3 Å². The first-order chi connectivity index (χ1) is 23.3. The van der Waals surface area contributed by atoms with Gasteiger partial charge in [-0.25, -0.2) is 13.9 Å². The zero-order valence-corrected chi connectivity index (χ0v) is 26.6. The van der Waals surface area contributed by atoms with E-state index in [9.17, 15) is 36.7 Å². The molecule has 1 N–H and O–H groups in total. The number of nitrogens with zero attached hydrogens (tertiary/aromatic N) is 4. The molecule has 254 valence electrons. The molecule has 0 unspecified atom stereocenters. The van der Waals surface area contributed by atoms with Crippen molar-refractivity contribution in [3.8, 4) is 5.69 Å². The van der Waals surface area contributed by atoms with Crippen LogP contribution in [-0.2, 0) is 31.8 Å². The number of alkyl halides is 3. The van der Waals surface area contributed by atoms with Gasteiger partial charge < -0.3 is 15.0 Å². The van der Waals surface area contributed by atoms with Crippen LogP contribution in [-0.4, -0.2) is 65.1 Å². The summed E-state index contributed by atoms with van der Waals surface area (Å²) in [5, 5.41) is 7.49. The number of halogens is 4. The van der Waals surface area contributed by atoms with Gasteiger partial charge in [-0.05, 0) is 55.0 Å². The number of amides is 3. The zero-order chi connectivity index (χ0) is 35.5. The lowest BCUT2D eigenvalue weighted by Crippen LogP contribution is -2.55. The molecule has 4 aromatic rings. The number of hydrogen-bond donors (Lipinski definition) is 1. The third kappa shape index (κ3) is 7.22. The number of ether oxygens (including phenoxy) is 1. The summed E-state index contributed by atoms with van der Waals surface area (Å²) in [7, 11) is 2.64. The second-order valence-corrected chi connectivity index (χ2v) is 11.1. The fourth-order valence-electron chi connectivity index (χ4n) is 5.67. The van der Waals surface area contributed by atoms with Gasteiger partial charge in [-0.2, -0.15) is 18.3 Å². The van der Waals surface area contributed by atoms with Crippen molar-refractivity contribution in [1.82, 2.24) is 20.0 Å². The highest BCUT2D eigenvalue weighted by Crippen LogP contribution is 2.44. The van der Waals surface area contributed by atoms with Gasteiger partial charge in [-0.3, -0.25) is 19.3 Å². The molecule has 0 spiro atoms. The molecule has 0 radical (unpaired) electrons. The Labute approximate surface area is 278 Å². The van der Waals surface area contributed by atoms with Crippen molar-refractivity contribution in [2.75, 3.05) is 25.6 Å². The second kappa shape index (κ2) is 14.1. The third-order valence-corrected chi connectivity index (χ3v) is 8.02. The van der Waals surface area contributed by atoms with Gasteiger partial charge in [0.1, 0.15) is 17.7 Å². The van der Waals surface area contributed by atoms with Crippen LogP contribution in [0.15, 0.2) is 91.0 Å². The lowest BCUT2D eigenvalue weighted by Gasteiger charge is -2.38. The third-order valence-electron chi connectivity index (χ3n) is 8.02. The standard InChI is InChI=1S/C35H31F4N5O5/c1-4-43-33-30(26(41-44(33)25-11-6-5-7-12-25)20-42(2)27(45)17-18-28(46)49-3)29(21-13-15-24(36)16-14-21)31(34(43)48)40-32(47)22-9-8-10-23(19-22)35(37,38)39/h5-19,29,31H,4,20H2,1-3H3,(H,40,47)/b18-17+/t29-,31-/m0/s1. The number of anilines is 1. The van der Waals surface area contributed by atoms with Gasteiger partial charge in [0.05, 0.1) is 30.6 Å². The molecular formula is C35H31F4N5O5. The van der Waals surface area contributed by atoms with Gasteiger partial charge in [-0.15, -0.1) is 0 Å². The van der Waals surface area contributed by atoms with Crippen LogP contribution in [0, 0.1) is 5.82 Å². The van der Waals surface area contributed by atoms with Crippen molar-refractivity contribution in [3.63, 3.8) is 0 Å². The maximum Gasteiger partial charge on any atom is 0.416 e. The van der Waals surface area contributed by atoms with Crippen LogP contribution in [0.4, 0.5) is 23.4 Å². The summed E-state index contributed by atoms with van der Waals surface area (Å²) in [6.45, 7) is 1.68. The van der Waals surface area contributed by atoms with Crippen LogP contribution in [0.5, 0.6) is 0 Å². The molecule has 0 saturated carbocycles. The second-order valence-electron chi connectivity index (χ2n) is 11.1. The van der Waals surface area contributed by atoms with E-state index >= 15 is 0 Å². The maximum absolute atomic E-state index is 14.4. The lowest BCUT2D eigenvalue weighted by molar-refractivity contribution is -0.137. The molecule has 10 nitrogen and oxygen atoms in total. The van der Waals surface area contributed by atoms with Crippen molar-refractivity contribution < 1.29 is 41.5 Å². The van der Waals surface area contributed by atoms with Gasteiger partial charge in [0.2, 0.25) is 5.91 Å². The molecule has 49 heavy (non-hydrogen) atoms. The Bertz CT molecular complexity index is 1910. The minimum absolute atomic E-state index is 0.104. The molecule has 0 fully saturated rings. The van der Waals surface area contributed by atoms with E-state index in [1.54, 1.807) is 37.3 Å². The van der Waals surface area contributed by atoms with E-state index in [4.69, 9.17) is 5.10 Å². The highest BCUT2D eigenvalue weighted by Gasteiger charge is 2.46. The first-order valence-electron chi connectivity index (χ1n) is 15.1. The molecule has 1 aromatic heterocycles. The Balaban J connectivity index is 1.69. The SMILES string of the molecule is CCN1C(=O)[C@@H](NC(=O)c2cccc(C(F)(F)F)c2)[C@@H](c2ccc(F)cc2)c2c(CN(C)C(=O)/C=C/C(=O)OC)nn(-c3ccccc3)c21. The highest BCUT2D eigenvalue weighted by atomic mass is 19.4. The summed E-state index contributed by atoms with van der Waals surface area (Å²) in [4.78, 5) is 55.2. The number of hydrogen-bond acceptors (Lipinski definition) is 6. The van der Waals surface area contributed by atoms with Crippen molar-refractivity contribution in [3.05, 3.63) is 125 Å². The maximum atomic E-state index is 14.4. The number of fused-ring (bicyclic) bond motifs is 1. The van der Waals surface area contributed by atoms with Crippen molar-refractivity contribution in [2.45, 2.75) is 31.6 Å². The van der Waals surface area contributed by atoms with E-state index in [2.05, 4.69) is 10.1 Å². The average molecular weight is 678 g/mol. The number of aromatic nitrogens is 2. The fourth-order valence-corrected chi connectivity index (χ4v) is 5.67. The highest BCUT2D eigenvalue weighted by molar-refractivity contribution is 6.05. The van der Waals surface area contributed by atoms with Crippen LogP contribution in [0.25, 0.3) is 5.69 Å². The van der Waals surface area contributed by atoms with Gasteiger partial charge >= 0.3 is 12.1 Å². The van der Waals surface area contributed by atoms with Crippen LogP contribution in [0.3, 0.4) is 0 Å². The van der Waals surface area contributed by atoms with Crippen molar-refractivity contribution in [1.29, 1.82) is 0 Å². The van der Waals surface area contributed by atoms with Crippen LogP contribution >= 0.6 is 0 Å². The number of carbonyl (C=O) groups excluding carboxylic acids is 4. The van der Waals surface area contributed by atoms with E-state index < -0.39 is 53.2 Å². The molecule has 3 aromatic carbocycles. The van der Waals surface area contributed by atoms with Crippen molar-refractivity contribution in [2.24, 2.45) is 0 Å². The van der Waals surface area contributed by atoms with Crippen molar-refractivity contribution >= 4 is 29.5 Å². The van der Waals surface area contributed by atoms with Gasteiger partial charge in [0, 0.05) is 42.8 Å². The molecule has 0 aliphatic carbocycles. The predicted octanol–water partition coefficient (Wildman–Crippen LogP) is 5.01. The largest absolute Gasteiger partial charge is 0.466 e. The molecule has 2 heterocycles. The summed E-state index contributed by atoms with van der Waals surface area (Å²) in [6, 6.07) is 16.6. The summed E-state index contributed by atoms with van der Waals surface area (Å²) in [5.74, 6) is -4.08. The molecule has 0 bridgehead atoms. The van der Waals surface area contributed by atoms with E-state index in [-0.39, 0.29) is 18.7 Å². The van der Waals surface area contributed by atoms with Gasteiger partial charge in [0.15, 0.2) is 0 Å². The number of esters is 1. The Morgan fingerprint density at radius 1 is 1.00 bits per heavy atom. The van der Waals surface area contributed by atoms with E-state index in [1.165, 1.54) is 59.0 Å². The molecule has 2 atom stereocenters. The number of benzene rings is 3. The van der Waals surface area contributed by atoms with E-state index in [1.807, 2.05) is 0 Å². The number of likely N-dealkylation sites (N-methyl/N-ethyl adjacent to an activating group) is 2. The Morgan fingerprint density at radius 3 is 2.33 bits per heavy atom. The Kier molecular flexibility index (Phi) is 9.97. The molecule has 0 saturated heterocycles. The molecule has 5 rings (SSSR count). The van der Waals surface area contributed by atoms with Crippen LogP contribution in [0.1, 0.15) is 45.6 Å². The number of nitrogens with one attached hydrogen (secondary N) is 1. The smallest absolute Gasteiger partial charge is 0.416 e. The summed E-state index contributed by atoms with van der Waals surface area (Å²) >= 11 is 0. The first kappa shape index (κ1) is 34.5.